The molecule has 5 heteroatoms. The van der Waals surface area contributed by atoms with Gasteiger partial charge in [-0.2, -0.15) is 0 Å². The van der Waals surface area contributed by atoms with Crippen LogP contribution in [0.5, 0.6) is 0 Å². The van der Waals surface area contributed by atoms with Gasteiger partial charge in [-0.05, 0) is 19.4 Å². The molecule has 1 unspecified atom stereocenters. The minimum Gasteiger partial charge on any atom is -0.444 e. The number of carbonyl (C=O) groups is 1. The molecule has 1 amide bonds. The number of aryl methyl sites for hydroxylation is 2. The molecular weight excluding hydrogens is 242 g/mol. The van der Waals surface area contributed by atoms with E-state index in [4.69, 9.17) is 10.2 Å². The highest BCUT2D eigenvalue weighted by Gasteiger charge is 2.15. The predicted molar refractivity (Wildman–Crippen MR) is 71.2 cm³/mol. The van der Waals surface area contributed by atoms with Crippen LogP contribution in [0.3, 0.4) is 0 Å². The molecule has 2 aromatic rings. The van der Waals surface area contributed by atoms with Gasteiger partial charge in [-0.3, -0.25) is 4.79 Å². The third-order valence-corrected chi connectivity index (χ3v) is 2.80. The number of nitrogens with two attached hydrogens (primary N) is 1. The standard InChI is InChI=1S/C14H17N3O2/c1-9-3-5-11(6-4-9)13(15)14(18)17-8-12-16-7-10(2)19-12/h3-7,13H,8,15H2,1-2H3,(H,17,18). The van der Waals surface area contributed by atoms with Crippen molar-refractivity contribution in [3.05, 3.63) is 53.2 Å². The van der Waals surface area contributed by atoms with Crippen molar-refractivity contribution in [3.63, 3.8) is 0 Å². The van der Waals surface area contributed by atoms with Crippen LogP contribution in [-0.4, -0.2) is 10.9 Å². The summed E-state index contributed by atoms with van der Waals surface area (Å²) in [6.45, 7) is 4.03. The summed E-state index contributed by atoms with van der Waals surface area (Å²) < 4.78 is 5.27. The number of hydrogen-bond donors (Lipinski definition) is 2. The van der Waals surface area contributed by atoms with Gasteiger partial charge in [-0.15, -0.1) is 0 Å². The Morgan fingerprint density at radius 3 is 2.63 bits per heavy atom. The fourth-order valence-corrected chi connectivity index (χ4v) is 1.68. The molecule has 0 aliphatic rings. The van der Waals surface area contributed by atoms with E-state index in [1.165, 1.54) is 0 Å². The van der Waals surface area contributed by atoms with Gasteiger partial charge >= 0.3 is 0 Å². The highest BCUT2D eigenvalue weighted by molar-refractivity contribution is 5.82. The first-order chi connectivity index (χ1) is 9.06. The van der Waals surface area contributed by atoms with Crippen molar-refractivity contribution < 1.29 is 9.21 Å². The zero-order chi connectivity index (χ0) is 13.8. The number of carbonyl (C=O) groups excluding carboxylic acids is 1. The van der Waals surface area contributed by atoms with Gasteiger partial charge in [0.05, 0.1) is 12.7 Å². The zero-order valence-electron chi connectivity index (χ0n) is 11.0. The van der Waals surface area contributed by atoms with Gasteiger partial charge in [0.2, 0.25) is 11.8 Å². The largest absolute Gasteiger partial charge is 0.444 e. The van der Waals surface area contributed by atoms with Crippen molar-refractivity contribution >= 4 is 5.91 Å². The van der Waals surface area contributed by atoms with E-state index in [-0.39, 0.29) is 12.5 Å². The fourth-order valence-electron chi connectivity index (χ4n) is 1.68. The van der Waals surface area contributed by atoms with Crippen LogP contribution in [0.25, 0.3) is 0 Å². The van der Waals surface area contributed by atoms with E-state index in [1.54, 1.807) is 13.1 Å². The number of aromatic nitrogens is 1. The topological polar surface area (TPSA) is 81.2 Å². The second-order valence-electron chi connectivity index (χ2n) is 4.47. The first kappa shape index (κ1) is 13.3. The van der Waals surface area contributed by atoms with Gasteiger partial charge in [0.25, 0.3) is 0 Å². The molecule has 0 saturated heterocycles. The second-order valence-corrected chi connectivity index (χ2v) is 4.47. The maximum atomic E-state index is 11.9. The van der Waals surface area contributed by atoms with Crippen LogP contribution in [0, 0.1) is 13.8 Å². The van der Waals surface area contributed by atoms with Crippen molar-refractivity contribution in [1.29, 1.82) is 0 Å². The molecule has 1 heterocycles. The Morgan fingerprint density at radius 2 is 2.05 bits per heavy atom. The number of nitrogens with one attached hydrogen (secondary N) is 1. The minimum atomic E-state index is -0.684. The first-order valence-corrected chi connectivity index (χ1v) is 6.07. The number of nitrogens with zero attached hydrogens (tertiary/aromatic N) is 1. The molecule has 100 valence electrons. The first-order valence-electron chi connectivity index (χ1n) is 6.07. The monoisotopic (exact) mass is 259 g/mol. The minimum absolute atomic E-state index is 0.242. The van der Waals surface area contributed by atoms with Crippen molar-refractivity contribution in [2.24, 2.45) is 5.73 Å². The zero-order valence-corrected chi connectivity index (χ0v) is 11.0. The van der Waals surface area contributed by atoms with Crippen LogP contribution in [0.2, 0.25) is 0 Å². The Labute approximate surface area is 111 Å². The normalized spacial score (nSPS) is 12.2. The number of oxazole rings is 1. The number of rotatable bonds is 4. The van der Waals surface area contributed by atoms with Crippen LogP contribution in [0.15, 0.2) is 34.9 Å². The number of hydrogen-bond acceptors (Lipinski definition) is 4. The van der Waals surface area contributed by atoms with Gasteiger partial charge < -0.3 is 15.5 Å². The highest BCUT2D eigenvalue weighted by atomic mass is 16.4. The molecule has 0 bridgehead atoms. The van der Waals surface area contributed by atoms with E-state index >= 15 is 0 Å². The SMILES string of the molecule is Cc1ccc(C(N)C(=O)NCc2ncc(C)o2)cc1. The average Bonchev–Trinajstić information content (AvgIpc) is 2.82. The summed E-state index contributed by atoms with van der Waals surface area (Å²) in [5, 5.41) is 2.70. The molecule has 0 spiro atoms. The second kappa shape index (κ2) is 5.67. The summed E-state index contributed by atoms with van der Waals surface area (Å²) in [5.74, 6) is 0.939. The maximum absolute atomic E-state index is 11.9. The number of amides is 1. The predicted octanol–water partition coefficient (Wildman–Crippen LogP) is 1.61. The van der Waals surface area contributed by atoms with E-state index in [9.17, 15) is 4.79 Å². The lowest BCUT2D eigenvalue weighted by atomic mass is 10.1. The van der Waals surface area contributed by atoms with Crippen LogP contribution < -0.4 is 11.1 Å². The van der Waals surface area contributed by atoms with Crippen molar-refractivity contribution in [1.82, 2.24) is 10.3 Å². The molecule has 3 N–H and O–H groups in total. The summed E-state index contributed by atoms with van der Waals surface area (Å²) in [6.07, 6.45) is 1.61. The van der Waals surface area contributed by atoms with E-state index in [2.05, 4.69) is 10.3 Å². The van der Waals surface area contributed by atoms with Gasteiger partial charge in [0.15, 0.2) is 0 Å². The van der Waals surface area contributed by atoms with Crippen LogP contribution in [0.1, 0.15) is 28.8 Å². The molecule has 0 aliphatic heterocycles. The lowest BCUT2D eigenvalue weighted by Crippen LogP contribution is -2.33. The Bertz CT molecular complexity index is 560. The fraction of sp³-hybridized carbons (Fsp3) is 0.286. The third kappa shape index (κ3) is 3.42. The molecule has 0 fully saturated rings. The van der Waals surface area contributed by atoms with E-state index in [0.29, 0.717) is 11.7 Å². The molecular formula is C14H17N3O2. The van der Waals surface area contributed by atoms with Gasteiger partial charge in [0.1, 0.15) is 11.8 Å². The Morgan fingerprint density at radius 1 is 1.37 bits per heavy atom. The van der Waals surface area contributed by atoms with Gasteiger partial charge in [-0.1, -0.05) is 29.8 Å². The van der Waals surface area contributed by atoms with E-state index in [1.807, 2.05) is 31.2 Å². The molecule has 1 aromatic carbocycles. The molecule has 1 aromatic heterocycles. The third-order valence-electron chi connectivity index (χ3n) is 2.80. The summed E-state index contributed by atoms with van der Waals surface area (Å²) in [4.78, 5) is 15.9. The van der Waals surface area contributed by atoms with Crippen LogP contribution in [0.4, 0.5) is 0 Å². The Kier molecular flexibility index (Phi) is 3.97. The van der Waals surface area contributed by atoms with Gasteiger partial charge in [-0.25, -0.2) is 4.98 Å². The van der Waals surface area contributed by atoms with Crippen LogP contribution in [-0.2, 0) is 11.3 Å². The lowest BCUT2D eigenvalue weighted by molar-refractivity contribution is -0.122. The molecule has 0 radical (unpaired) electrons. The smallest absolute Gasteiger partial charge is 0.241 e. The summed E-state index contributed by atoms with van der Waals surface area (Å²) >= 11 is 0. The van der Waals surface area contributed by atoms with Crippen LogP contribution >= 0.6 is 0 Å². The number of benzene rings is 1. The summed E-state index contributed by atoms with van der Waals surface area (Å²) in [6, 6.07) is 6.89. The molecule has 2 rings (SSSR count). The maximum Gasteiger partial charge on any atom is 0.241 e. The molecule has 19 heavy (non-hydrogen) atoms. The summed E-state index contributed by atoms with van der Waals surface area (Å²) in [5.41, 5.74) is 7.81. The van der Waals surface area contributed by atoms with E-state index in [0.717, 1.165) is 11.1 Å². The van der Waals surface area contributed by atoms with Crippen molar-refractivity contribution in [2.45, 2.75) is 26.4 Å². The molecule has 0 saturated carbocycles. The van der Waals surface area contributed by atoms with Crippen molar-refractivity contribution in [3.8, 4) is 0 Å². The average molecular weight is 259 g/mol. The lowest BCUT2D eigenvalue weighted by Gasteiger charge is -2.11. The Balaban J connectivity index is 1.94. The quantitative estimate of drug-likeness (QED) is 0.874. The summed E-state index contributed by atoms with van der Waals surface area (Å²) in [7, 11) is 0. The molecule has 5 nitrogen and oxygen atoms in total. The highest BCUT2D eigenvalue weighted by Crippen LogP contribution is 2.11. The Hall–Kier alpha value is -2.14. The molecule has 0 aliphatic carbocycles. The molecule has 1 atom stereocenters. The van der Waals surface area contributed by atoms with Crippen molar-refractivity contribution in [2.75, 3.05) is 0 Å². The van der Waals surface area contributed by atoms with Gasteiger partial charge in [0, 0.05) is 0 Å². The van der Waals surface area contributed by atoms with E-state index < -0.39 is 6.04 Å².